The number of hydrogen-bond donors (Lipinski definition) is 2. The van der Waals surface area contributed by atoms with Crippen molar-refractivity contribution in [1.82, 2.24) is 0 Å². The standard InChI is InChI=1S/C13H16ClNO4/c1-19-9-6-7-10(14)11(8-9)15-12(16)4-2-3-5-13(17)18/h6-8H,2-5H2,1H3,(H,15,16)(H,17,18). The molecule has 5 nitrogen and oxygen atoms in total. The van der Waals surface area contributed by atoms with Crippen LogP contribution >= 0.6 is 11.6 Å². The van der Waals surface area contributed by atoms with Gasteiger partial charge in [0.25, 0.3) is 0 Å². The minimum Gasteiger partial charge on any atom is -0.497 e. The van der Waals surface area contributed by atoms with Crippen molar-refractivity contribution in [2.24, 2.45) is 0 Å². The van der Waals surface area contributed by atoms with Gasteiger partial charge in [0.15, 0.2) is 0 Å². The van der Waals surface area contributed by atoms with Crippen LogP contribution in [0, 0.1) is 0 Å². The molecule has 0 spiro atoms. The Morgan fingerprint density at radius 1 is 1.32 bits per heavy atom. The third-order valence-electron chi connectivity index (χ3n) is 2.49. The van der Waals surface area contributed by atoms with Gasteiger partial charge < -0.3 is 15.2 Å². The van der Waals surface area contributed by atoms with Crippen molar-refractivity contribution in [2.75, 3.05) is 12.4 Å². The number of carboxylic acid groups (broad SMARTS) is 1. The number of rotatable bonds is 7. The molecular formula is C13H16ClNO4. The zero-order chi connectivity index (χ0) is 14.3. The van der Waals surface area contributed by atoms with Crippen LogP contribution in [0.3, 0.4) is 0 Å². The van der Waals surface area contributed by atoms with Gasteiger partial charge >= 0.3 is 5.97 Å². The van der Waals surface area contributed by atoms with Gasteiger partial charge in [-0.25, -0.2) is 0 Å². The van der Waals surface area contributed by atoms with Gasteiger partial charge in [0.1, 0.15) is 5.75 Å². The minimum atomic E-state index is -0.851. The molecule has 0 radical (unpaired) electrons. The van der Waals surface area contributed by atoms with Crippen LogP contribution in [0.4, 0.5) is 5.69 Å². The van der Waals surface area contributed by atoms with Crippen molar-refractivity contribution < 1.29 is 19.4 Å². The van der Waals surface area contributed by atoms with Crippen LogP contribution in [0.2, 0.25) is 5.02 Å². The molecule has 1 aromatic rings. The lowest BCUT2D eigenvalue weighted by Gasteiger charge is -2.08. The van der Waals surface area contributed by atoms with Crippen LogP contribution in [0.15, 0.2) is 18.2 Å². The Labute approximate surface area is 116 Å². The maximum Gasteiger partial charge on any atom is 0.303 e. The quantitative estimate of drug-likeness (QED) is 0.755. The number of ether oxygens (including phenoxy) is 1. The molecule has 0 saturated heterocycles. The molecule has 6 heteroatoms. The number of halogens is 1. The number of carbonyl (C=O) groups is 2. The van der Waals surface area contributed by atoms with E-state index in [4.69, 9.17) is 21.4 Å². The number of anilines is 1. The fourth-order valence-electron chi connectivity index (χ4n) is 1.50. The van der Waals surface area contributed by atoms with E-state index in [0.717, 1.165) is 0 Å². The maximum absolute atomic E-state index is 11.7. The van der Waals surface area contributed by atoms with Gasteiger partial charge in [-0.15, -0.1) is 0 Å². The van der Waals surface area contributed by atoms with E-state index in [1.54, 1.807) is 18.2 Å². The van der Waals surface area contributed by atoms with Crippen molar-refractivity contribution in [1.29, 1.82) is 0 Å². The van der Waals surface area contributed by atoms with Gasteiger partial charge in [-0.1, -0.05) is 11.6 Å². The number of carboxylic acids is 1. The summed E-state index contributed by atoms with van der Waals surface area (Å²) < 4.78 is 5.04. The molecule has 1 aromatic carbocycles. The van der Waals surface area contributed by atoms with Crippen molar-refractivity contribution in [3.63, 3.8) is 0 Å². The third kappa shape index (κ3) is 5.61. The number of nitrogens with one attached hydrogen (secondary N) is 1. The topological polar surface area (TPSA) is 75.6 Å². The third-order valence-corrected chi connectivity index (χ3v) is 2.82. The molecule has 0 bridgehead atoms. The summed E-state index contributed by atoms with van der Waals surface area (Å²) in [4.78, 5) is 22.0. The van der Waals surface area contributed by atoms with Gasteiger partial charge in [0.2, 0.25) is 5.91 Å². The summed E-state index contributed by atoms with van der Waals surface area (Å²) >= 11 is 5.95. The summed E-state index contributed by atoms with van der Waals surface area (Å²) in [5.74, 6) is -0.442. The summed E-state index contributed by atoms with van der Waals surface area (Å²) in [6.07, 6.45) is 1.35. The van der Waals surface area contributed by atoms with Gasteiger partial charge in [-0.3, -0.25) is 9.59 Å². The molecule has 1 amide bonds. The molecule has 0 heterocycles. The summed E-state index contributed by atoms with van der Waals surface area (Å²) in [5.41, 5.74) is 0.490. The maximum atomic E-state index is 11.7. The number of amides is 1. The van der Waals surface area contributed by atoms with Crippen LogP contribution in [-0.4, -0.2) is 24.1 Å². The smallest absolute Gasteiger partial charge is 0.303 e. The first-order chi connectivity index (χ1) is 9.02. The average Bonchev–Trinajstić information content (AvgIpc) is 2.37. The predicted octanol–water partition coefficient (Wildman–Crippen LogP) is 2.93. The number of carbonyl (C=O) groups excluding carboxylic acids is 1. The lowest BCUT2D eigenvalue weighted by Crippen LogP contribution is -2.11. The van der Waals surface area contributed by atoms with Gasteiger partial charge in [0.05, 0.1) is 17.8 Å². The Morgan fingerprint density at radius 2 is 2.00 bits per heavy atom. The van der Waals surface area contributed by atoms with E-state index >= 15 is 0 Å². The van der Waals surface area contributed by atoms with Crippen LogP contribution in [-0.2, 0) is 9.59 Å². The first kappa shape index (κ1) is 15.3. The molecule has 0 aromatic heterocycles. The Morgan fingerprint density at radius 3 is 2.63 bits per heavy atom. The second-order valence-corrected chi connectivity index (χ2v) is 4.40. The highest BCUT2D eigenvalue weighted by molar-refractivity contribution is 6.33. The first-order valence-corrected chi connectivity index (χ1v) is 6.26. The van der Waals surface area contributed by atoms with Crippen molar-refractivity contribution in [3.05, 3.63) is 23.2 Å². The normalized spacial score (nSPS) is 10.0. The van der Waals surface area contributed by atoms with Crippen molar-refractivity contribution >= 4 is 29.2 Å². The van der Waals surface area contributed by atoms with Crippen LogP contribution < -0.4 is 10.1 Å². The highest BCUT2D eigenvalue weighted by Gasteiger charge is 2.07. The minimum absolute atomic E-state index is 0.0766. The molecule has 2 N–H and O–H groups in total. The summed E-state index contributed by atoms with van der Waals surface area (Å²) in [7, 11) is 1.53. The molecule has 104 valence electrons. The molecule has 0 fully saturated rings. The SMILES string of the molecule is COc1ccc(Cl)c(NC(=O)CCCCC(=O)O)c1. The molecule has 0 unspecified atom stereocenters. The van der Waals surface area contributed by atoms with Gasteiger partial charge in [-0.05, 0) is 25.0 Å². The summed E-state index contributed by atoms with van der Waals surface area (Å²) in [6, 6.07) is 4.97. The van der Waals surface area contributed by atoms with Crippen molar-refractivity contribution in [2.45, 2.75) is 25.7 Å². The second kappa shape index (κ2) is 7.63. The van der Waals surface area contributed by atoms with Gasteiger partial charge in [-0.2, -0.15) is 0 Å². The number of unbranched alkanes of at least 4 members (excludes halogenated alkanes) is 1. The monoisotopic (exact) mass is 285 g/mol. The molecule has 1 rings (SSSR count). The highest BCUT2D eigenvalue weighted by Crippen LogP contribution is 2.26. The van der Waals surface area contributed by atoms with Crippen LogP contribution in [0.5, 0.6) is 5.75 Å². The Balaban J connectivity index is 2.45. The van der Waals surface area contributed by atoms with E-state index in [0.29, 0.717) is 29.3 Å². The molecular weight excluding hydrogens is 270 g/mol. The molecule has 19 heavy (non-hydrogen) atoms. The predicted molar refractivity (Wildman–Crippen MR) is 72.7 cm³/mol. The lowest BCUT2D eigenvalue weighted by molar-refractivity contribution is -0.137. The van der Waals surface area contributed by atoms with E-state index in [9.17, 15) is 9.59 Å². The number of aliphatic carboxylic acids is 1. The van der Waals surface area contributed by atoms with E-state index in [1.807, 2.05) is 0 Å². The zero-order valence-corrected chi connectivity index (χ0v) is 11.4. The zero-order valence-electron chi connectivity index (χ0n) is 10.6. The summed E-state index contributed by atoms with van der Waals surface area (Å²) in [5, 5.41) is 11.6. The fourth-order valence-corrected chi connectivity index (χ4v) is 1.67. The first-order valence-electron chi connectivity index (χ1n) is 5.88. The number of hydrogen-bond acceptors (Lipinski definition) is 3. The Bertz CT molecular complexity index is 462. The lowest BCUT2D eigenvalue weighted by atomic mass is 10.2. The van der Waals surface area contributed by atoms with Crippen molar-refractivity contribution in [3.8, 4) is 5.75 Å². The fraction of sp³-hybridized carbons (Fsp3) is 0.385. The number of methoxy groups -OCH3 is 1. The Kier molecular flexibility index (Phi) is 6.15. The number of benzene rings is 1. The van der Waals surface area contributed by atoms with Crippen LogP contribution in [0.1, 0.15) is 25.7 Å². The van der Waals surface area contributed by atoms with E-state index in [1.165, 1.54) is 7.11 Å². The van der Waals surface area contributed by atoms with E-state index < -0.39 is 5.97 Å². The highest BCUT2D eigenvalue weighted by atomic mass is 35.5. The second-order valence-electron chi connectivity index (χ2n) is 3.99. The van der Waals surface area contributed by atoms with E-state index in [-0.39, 0.29) is 18.7 Å². The molecule has 0 atom stereocenters. The molecule has 0 aliphatic heterocycles. The molecule has 0 aliphatic carbocycles. The Hall–Kier alpha value is -1.75. The van der Waals surface area contributed by atoms with E-state index in [2.05, 4.69) is 5.32 Å². The summed E-state index contributed by atoms with van der Waals surface area (Å²) in [6.45, 7) is 0. The largest absolute Gasteiger partial charge is 0.497 e. The molecule has 0 saturated carbocycles. The average molecular weight is 286 g/mol. The molecule has 0 aliphatic rings. The van der Waals surface area contributed by atoms with Crippen LogP contribution in [0.25, 0.3) is 0 Å². The van der Waals surface area contributed by atoms with Gasteiger partial charge in [0, 0.05) is 18.9 Å².